The van der Waals surface area contributed by atoms with Gasteiger partial charge in [0.2, 0.25) is 0 Å². The highest BCUT2D eigenvalue weighted by Gasteiger charge is 2.38. The van der Waals surface area contributed by atoms with Crippen molar-refractivity contribution in [3.05, 3.63) is 277 Å². The number of hydrogen-bond acceptors (Lipinski definition) is 10. The summed E-state index contributed by atoms with van der Waals surface area (Å²) in [5, 5.41) is 32.6. The first kappa shape index (κ1) is 68.6. The molecular weight excluding hydrogens is 1420 g/mol. The summed E-state index contributed by atoms with van der Waals surface area (Å²) >= 11 is 19.5. The van der Waals surface area contributed by atoms with Crippen molar-refractivity contribution < 1.29 is 33.9 Å². The van der Waals surface area contributed by atoms with E-state index < -0.39 is 17.1 Å². The van der Waals surface area contributed by atoms with Crippen molar-refractivity contribution in [2.45, 2.75) is 83.5 Å². The average molecular weight is 1500 g/mol. The number of non-ortho nitro benzene ring substituents is 1. The van der Waals surface area contributed by atoms with E-state index >= 15 is 0 Å². The number of nitrogens with zero attached hydrogens (tertiary/aromatic N) is 4. The Morgan fingerprint density at radius 3 is 1.58 bits per heavy atom. The van der Waals surface area contributed by atoms with Crippen molar-refractivity contribution in [1.82, 2.24) is 40.1 Å². The van der Waals surface area contributed by atoms with Gasteiger partial charge in [0.15, 0.2) is 0 Å². The topological polar surface area (TPSA) is 210 Å². The van der Waals surface area contributed by atoms with E-state index in [1.54, 1.807) is 24.1 Å². The Labute approximate surface area is 600 Å². The number of benzene rings is 8. The van der Waals surface area contributed by atoms with E-state index in [1.165, 1.54) is 74.1 Å². The van der Waals surface area contributed by atoms with Crippen LogP contribution in [0.2, 0.25) is 10.0 Å². The molecule has 21 heteroatoms. The van der Waals surface area contributed by atoms with Gasteiger partial charge < -0.3 is 44.7 Å². The monoisotopic (exact) mass is 1490 g/mol. The van der Waals surface area contributed by atoms with Crippen LogP contribution in [0.1, 0.15) is 129 Å². The molecule has 0 saturated carbocycles. The van der Waals surface area contributed by atoms with Gasteiger partial charge in [-0.15, -0.1) is 0 Å². The van der Waals surface area contributed by atoms with Crippen LogP contribution >= 0.6 is 55.1 Å². The Balaban J connectivity index is 0.000000119. The third kappa shape index (κ3) is 14.1. The fourth-order valence-electron chi connectivity index (χ4n) is 14.5. The Kier molecular flexibility index (Phi) is 20.4. The zero-order chi connectivity index (χ0) is 69.3. The molecule has 16 rings (SSSR count). The summed E-state index contributed by atoms with van der Waals surface area (Å²) in [4.78, 5) is 53.0. The van der Waals surface area contributed by atoms with E-state index in [9.17, 15) is 24.9 Å². The number of amides is 2. The minimum atomic E-state index is -0.445. The maximum atomic E-state index is 12.6. The van der Waals surface area contributed by atoms with Crippen LogP contribution in [0, 0.1) is 17.0 Å². The van der Waals surface area contributed by atoms with Crippen LogP contribution < -0.4 is 10.1 Å². The number of aromatic amines is 4. The Bertz CT molecular complexity index is 4970. The molecule has 4 aliphatic rings. The maximum Gasteiger partial charge on any atom is 0.410 e. The second-order valence-corrected chi connectivity index (χ2v) is 28.2. The summed E-state index contributed by atoms with van der Waals surface area (Å²) in [5.74, 6) is 1.39. The van der Waals surface area contributed by atoms with Gasteiger partial charge in [-0.05, 0) is 193 Å². The van der Waals surface area contributed by atoms with Crippen LogP contribution in [-0.2, 0) is 35.2 Å². The quantitative estimate of drug-likeness (QED) is 0.0626. The van der Waals surface area contributed by atoms with Gasteiger partial charge in [-0.3, -0.25) is 19.9 Å². The molecule has 0 saturated heterocycles. The van der Waals surface area contributed by atoms with E-state index in [0.717, 1.165) is 118 Å². The molecule has 0 radical (unpaired) electrons. The van der Waals surface area contributed by atoms with Crippen molar-refractivity contribution in [2.24, 2.45) is 0 Å². The van der Waals surface area contributed by atoms with Crippen LogP contribution in [0.25, 0.3) is 43.6 Å². The highest BCUT2D eigenvalue weighted by Crippen LogP contribution is 2.44. The number of nitro groups is 1. The molecule has 4 aromatic heterocycles. The molecule has 4 unspecified atom stereocenters. The number of fused-ring (bicyclic) bond motifs is 12. The molecule has 8 aromatic carbocycles. The molecule has 4 atom stereocenters. The molecule has 508 valence electrons. The minimum absolute atomic E-state index is 0.00262. The molecule has 0 fully saturated rings. The number of H-pyrrole nitrogens is 4. The van der Waals surface area contributed by atoms with Crippen molar-refractivity contribution in [3.8, 4) is 5.75 Å². The molecule has 0 bridgehead atoms. The van der Waals surface area contributed by atoms with Crippen molar-refractivity contribution in [2.75, 3.05) is 47.0 Å². The van der Waals surface area contributed by atoms with E-state index in [2.05, 4.69) is 151 Å². The number of rotatable bonds is 8. The van der Waals surface area contributed by atoms with Gasteiger partial charge in [0, 0.05) is 124 Å². The molecule has 2 amide bonds. The number of aryl methyl sites for hydroxylation is 1. The second-order valence-electron chi connectivity index (χ2n) is 25.5. The van der Waals surface area contributed by atoms with E-state index in [0.29, 0.717) is 43.6 Å². The molecule has 99 heavy (non-hydrogen) atoms. The third-order valence-corrected chi connectivity index (χ3v) is 20.7. The highest BCUT2D eigenvalue weighted by atomic mass is 79.9. The molecule has 6 N–H and O–H groups in total. The molecule has 4 aliphatic heterocycles. The Morgan fingerprint density at radius 2 is 1.05 bits per heavy atom. The summed E-state index contributed by atoms with van der Waals surface area (Å²) < 4.78 is 17.7. The highest BCUT2D eigenvalue weighted by molar-refractivity contribution is 9.10. The Hall–Kier alpha value is -8.92. The van der Waals surface area contributed by atoms with Gasteiger partial charge in [-0.1, -0.05) is 135 Å². The lowest BCUT2D eigenvalue weighted by atomic mass is 9.92. The smallest absolute Gasteiger partial charge is 0.410 e. The number of aromatic nitrogens is 4. The molecular formula is C78H75Br2Cl2N9O8. The SMILES string of the molecule is CC(C)c1ccc(C2NCCc3c2[nH]c2ccc(Br)cc32)cc1.CCOC(=O)N1CCc2c([nH]c3ccc(Cl)cc23)C1c1cccc(C)c1.COC(=O)N1CCc2c([nH]c3ccc(Cl)cc23)C1c1ccc([N+](=O)[O-])cc1.COc1ccc(C2c3[nH]c4ccc(Br)cc4c3CCN2O)cc1. The summed E-state index contributed by atoms with van der Waals surface area (Å²) in [7, 11) is 3.00. The van der Waals surface area contributed by atoms with E-state index in [-0.39, 0.29) is 29.9 Å². The van der Waals surface area contributed by atoms with Crippen molar-refractivity contribution >= 4 is 117 Å². The first-order chi connectivity index (χ1) is 47.9. The maximum absolute atomic E-state index is 12.6. The lowest BCUT2D eigenvalue weighted by Crippen LogP contribution is -2.41. The summed E-state index contributed by atoms with van der Waals surface area (Å²) in [5.41, 5.74) is 20.5. The van der Waals surface area contributed by atoms with E-state index in [1.807, 2.05) is 84.6 Å². The average Bonchev–Trinajstić information content (AvgIpc) is 1.65. The van der Waals surface area contributed by atoms with Crippen molar-refractivity contribution in [3.63, 3.8) is 0 Å². The zero-order valence-electron chi connectivity index (χ0n) is 55.5. The first-order valence-corrected chi connectivity index (χ1v) is 35.4. The number of halogens is 4. The summed E-state index contributed by atoms with van der Waals surface area (Å²) in [6, 6.07) is 55.1. The summed E-state index contributed by atoms with van der Waals surface area (Å²) in [6.07, 6.45) is 2.62. The van der Waals surface area contributed by atoms with Gasteiger partial charge in [0.1, 0.15) is 23.9 Å². The van der Waals surface area contributed by atoms with Gasteiger partial charge >= 0.3 is 12.2 Å². The van der Waals surface area contributed by atoms with Gasteiger partial charge in [0.05, 0.1) is 31.8 Å². The van der Waals surface area contributed by atoms with Crippen LogP contribution in [0.5, 0.6) is 5.75 Å². The van der Waals surface area contributed by atoms with Gasteiger partial charge in [-0.25, -0.2) is 9.59 Å². The van der Waals surface area contributed by atoms with Crippen LogP contribution in [0.15, 0.2) is 179 Å². The number of carbonyl (C=O) groups excluding carboxylic acids is 2. The predicted molar refractivity (Wildman–Crippen MR) is 398 cm³/mol. The number of hydroxylamine groups is 2. The normalized spacial score (nSPS) is 17.1. The van der Waals surface area contributed by atoms with Crippen LogP contribution in [-0.4, -0.2) is 104 Å². The largest absolute Gasteiger partial charge is 0.497 e. The number of nitrogens with one attached hydrogen (secondary N) is 5. The van der Waals surface area contributed by atoms with Crippen LogP contribution in [0.3, 0.4) is 0 Å². The molecule has 0 aliphatic carbocycles. The fourth-order valence-corrected chi connectivity index (χ4v) is 15.5. The summed E-state index contributed by atoms with van der Waals surface area (Å²) in [6.45, 7) is 11.5. The molecule has 0 spiro atoms. The number of methoxy groups -OCH3 is 2. The van der Waals surface area contributed by atoms with Crippen LogP contribution in [0.4, 0.5) is 15.3 Å². The molecule has 8 heterocycles. The molecule has 17 nitrogen and oxygen atoms in total. The van der Waals surface area contributed by atoms with Crippen molar-refractivity contribution in [1.29, 1.82) is 0 Å². The predicted octanol–water partition coefficient (Wildman–Crippen LogP) is 19.2. The number of ether oxygens (including phenoxy) is 3. The second kappa shape index (κ2) is 29.5. The minimum Gasteiger partial charge on any atom is -0.497 e. The first-order valence-electron chi connectivity index (χ1n) is 33.1. The number of hydrogen-bond donors (Lipinski definition) is 6. The third-order valence-electron chi connectivity index (χ3n) is 19.2. The number of nitro benzene ring substituents is 1. The number of carbonyl (C=O) groups is 2. The van der Waals surface area contributed by atoms with Gasteiger partial charge in [0.25, 0.3) is 5.69 Å². The Morgan fingerprint density at radius 1 is 0.576 bits per heavy atom. The lowest BCUT2D eigenvalue weighted by molar-refractivity contribution is -0.384. The fraction of sp³-hybridized carbons (Fsp3) is 0.256. The van der Waals surface area contributed by atoms with E-state index in [4.69, 9.17) is 37.4 Å². The zero-order valence-corrected chi connectivity index (χ0v) is 60.2. The lowest BCUT2D eigenvalue weighted by Gasteiger charge is -2.35. The van der Waals surface area contributed by atoms with Gasteiger partial charge in [-0.2, -0.15) is 5.06 Å². The standard InChI is InChI=1S/C21H21ClN2O2.C20H21BrN2.C19H16ClN3O4.C18H17BrN2O2/c1-3-26-21(25)24-10-9-16-17-12-15(22)7-8-18(17)23-19(16)20(24)14-6-4-5-13(2)11-14;1-12(2)13-3-5-14(6-4-13)19-20-16(9-10-22-19)17-11-15(21)7-8-18(17)23-20;1-27-19(24)22-9-8-14-15-10-12(20)4-7-16(15)21-17(14)18(22)11-2-5-13(6-3-11)23(25)26;1-23-13-5-2-11(3-6-13)18-17-14(8-9-21(18)22)15-10-12(19)4-7-16(15)20-17/h4-8,11-12,20,23H,3,9-10H2,1-2H3;3-8,11-12,19,22-23H,9-10H2,1-2H3;2-7,10,18,21H,8-9H2,1H3;2-7,10,18,20,22H,8-9H2,1H3. The molecule has 12 aromatic rings.